The lowest BCUT2D eigenvalue weighted by Crippen LogP contribution is -2.29. The summed E-state index contributed by atoms with van der Waals surface area (Å²) >= 11 is 0. The lowest BCUT2D eigenvalue weighted by atomic mass is 9.98. The zero-order valence-electron chi connectivity index (χ0n) is 10.6. The van der Waals surface area contributed by atoms with Crippen molar-refractivity contribution in [3.05, 3.63) is 29.8 Å². The molecule has 1 fully saturated rings. The Bertz CT molecular complexity index is 442. The van der Waals surface area contributed by atoms with E-state index in [9.17, 15) is 15.0 Å². The average molecular weight is 249 g/mol. The molecule has 98 valence electrons. The summed E-state index contributed by atoms with van der Waals surface area (Å²) in [5, 5.41) is 19.2. The number of aliphatic hydroxyl groups is 1. The lowest BCUT2D eigenvalue weighted by Gasteiger charge is -2.25. The zero-order valence-corrected chi connectivity index (χ0v) is 10.6. The predicted molar refractivity (Wildman–Crippen MR) is 70.1 cm³/mol. The van der Waals surface area contributed by atoms with Crippen LogP contribution in [0.15, 0.2) is 24.3 Å². The Kier molecular flexibility index (Phi) is 3.57. The van der Waals surface area contributed by atoms with Crippen LogP contribution in [0.5, 0.6) is 0 Å². The Hall–Kier alpha value is -1.55. The Morgan fingerprint density at radius 1 is 1.28 bits per heavy atom. The minimum atomic E-state index is -0.901. The Morgan fingerprint density at radius 3 is 2.72 bits per heavy atom. The highest BCUT2D eigenvalue weighted by molar-refractivity contribution is 5.94. The molecule has 1 saturated heterocycles. The van der Waals surface area contributed by atoms with E-state index in [4.69, 9.17) is 0 Å². The molecule has 4 heteroatoms. The molecule has 0 amide bonds. The normalized spacial score (nSPS) is 24.7. The summed E-state index contributed by atoms with van der Waals surface area (Å²) in [6.45, 7) is 3.33. The van der Waals surface area contributed by atoms with Gasteiger partial charge < -0.3 is 15.1 Å². The van der Waals surface area contributed by atoms with Gasteiger partial charge in [0.15, 0.2) is 0 Å². The first-order valence-corrected chi connectivity index (χ1v) is 6.29. The molecule has 1 atom stereocenters. The van der Waals surface area contributed by atoms with Gasteiger partial charge in [0.25, 0.3) is 0 Å². The highest BCUT2D eigenvalue weighted by atomic mass is 16.4. The standard InChI is InChI=1S/C14H19NO3/c1-14(18)7-4-9-15(10-8-14)12-6-3-2-5-11(12)13(16)17/h2-3,5-6,18H,4,7-10H2,1H3,(H,16,17). The van der Waals surface area contributed by atoms with Gasteiger partial charge in [0.2, 0.25) is 0 Å². The van der Waals surface area contributed by atoms with Gasteiger partial charge in [-0.1, -0.05) is 12.1 Å². The highest BCUT2D eigenvalue weighted by Crippen LogP contribution is 2.27. The molecule has 1 aliphatic rings. The van der Waals surface area contributed by atoms with Gasteiger partial charge in [-0.15, -0.1) is 0 Å². The second kappa shape index (κ2) is 4.98. The molecule has 0 bridgehead atoms. The summed E-state index contributed by atoms with van der Waals surface area (Å²) in [4.78, 5) is 13.3. The van der Waals surface area contributed by atoms with E-state index in [-0.39, 0.29) is 0 Å². The van der Waals surface area contributed by atoms with Crippen LogP contribution in [0.2, 0.25) is 0 Å². The summed E-state index contributed by atoms with van der Waals surface area (Å²) in [6, 6.07) is 7.05. The van der Waals surface area contributed by atoms with Crippen LogP contribution in [-0.4, -0.2) is 34.9 Å². The van der Waals surface area contributed by atoms with Crippen molar-refractivity contribution in [2.24, 2.45) is 0 Å². The van der Waals surface area contributed by atoms with Gasteiger partial charge in [-0.2, -0.15) is 0 Å². The molecule has 4 nitrogen and oxygen atoms in total. The van der Waals surface area contributed by atoms with Crippen LogP contribution in [0.3, 0.4) is 0 Å². The molecule has 0 spiro atoms. The van der Waals surface area contributed by atoms with Crippen LogP contribution in [0.1, 0.15) is 36.5 Å². The van der Waals surface area contributed by atoms with Crippen LogP contribution < -0.4 is 4.90 Å². The number of hydrogen-bond acceptors (Lipinski definition) is 3. The number of anilines is 1. The summed E-state index contributed by atoms with van der Waals surface area (Å²) < 4.78 is 0. The summed E-state index contributed by atoms with van der Waals surface area (Å²) in [5.74, 6) is -0.901. The Balaban J connectivity index is 2.24. The zero-order chi connectivity index (χ0) is 13.2. The average Bonchev–Trinajstić information content (AvgIpc) is 2.50. The van der Waals surface area contributed by atoms with Gasteiger partial charge >= 0.3 is 5.97 Å². The number of aromatic carboxylic acids is 1. The van der Waals surface area contributed by atoms with Crippen molar-refractivity contribution in [2.45, 2.75) is 31.8 Å². The fourth-order valence-corrected chi connectivity index (χ4v) is 2.43. The van der Waals surface area contributed by atoms with Crippen molar-refractivity contribution in [1.82, 2.24) is 0 Å². The maximum absolute atomic E-state index is 11.2. The molecule has 0 aliphatic carbocycles. The topological polar surface area (TPSA) is 60.8 Å². The number of hydrogen-bond donors (Lipinski definition) is 2. The van der Waals surface area contributed by atoms with Crippen molar-refractivity contribution in [3.8, 4) is 0 Å². The number of carbonyl (C=O) groups is 1. The van der Waals surface area contributed by atoms with E-state index in [1.54, 1.807) is 12.1 Å². The summed E-state index contributed by atoms with van der Waals surface area (Å²) in [7, 11) is 0. The van der Waals surface area contributed by atoms with Crippen LogP contribution in [-0.2, 0) is 0 Å². The van der Waals surface area contributed by atoms with E-state index in [2.05, 4.69) is 4.90 Å². The highest BCUT2D eigenvalue weighted by Gasteiger charge is 2.26. The number of nitrogens with zero attached hydrogens (tertiary/aromatic N) is 1. The molecule has 0 radical (unpaired) electrons. The SMILES string of the molecule is CC1(O)CCCN(c2ccccc2C(=O)O)CC1. The number of carboxylic acid groups (broad SMARTS) is 1. The van der Waals surface area contributed by atoms with E-state index < -0.39 is 11.6 Å². The molecule has 1 unspecified atom stereocenters. The van der Waals surface area contributed by atoms with Crippen molar-refractivity contribution < 1.29 is 15.0 Å². The van der Waals surface area contributed by atoms with Gasteiger partial charge in [0.1, 0.15) is 0 Å². The molecule has 1 heterocycles. The predicted octanol–water partition coefficient (Wildman–Crippen LogP) is 2.13. The van der Waals surface area contributed by atoms with Gasteiger partial charge in [-0.25, -0.2) is 4.79 Å². The number of carboxylic acids is 1. The third-order valence-corrected chi connectivity index (χ3v) is 3.54. The van der Waals surface area contributed by atoms with Crippen molar-refractivity contribution in [2.75, 3.05) is 18.0 Å². The fraction of sp³-hybridized carbons (Fsp3) is 0.500. The number of benzene rings is 1. The Morgan fingerprint density at radius 2 is 2.00 bits per heavy atom. The van der Waals surface area contributed by atoms with E-state index in [0.717, 1.165) is 25.1 Å². The van der Waals surface area contributed by atoms with Crippen LogP contribution >= 0.6 is 0 Å². The molecule has 0 saturated carbocycles. The first-order chi connectivity index (χ1) is 8.49. The van der Waals surface area contributed by atoms with Crippen molar-refractivity contribution in [1.29, 1.82) is 0 Å². The van der Waals surface area contributed by atoms with E-state index in [1.807, 2.05) is 19.1 Å². The van der Waals surface area contributed by atoms with Crippen LogP contribution in [0.25, 0.3) is 0 Å². The summed E-state index contributed by atoms with van der Waals surface area (Å²) in [6.07, 6.45) is 2.31. The number of rotatable bonds is 2. The third kappa shape index (κ3) is 2.82. The molecule has 2 N–H and O–H groups in total. The summed E-state index contributed by atoms with van der Waals surface area (Å²) in [5.41, 5.74) is 0.453. The third-order valence-electron chi connectivity index (χ3n) is 3.54. The molecule has 1 aromatic rings. The van der Waals surface area contributed by atoms with Gasteiger partial charge in [0.05, 0.1) is 16.9 Å². The molecule has 18 heavy (non-hydrogen) atoms. The maximum atomic E-state index is 11.2. The van der Waals surface area contributed by atoms with Crippen molar-refractivity contribution >= 4 is 11.7 Å². The van der Waals surface area contributed by atoms with E-state index >= 15 is 0 Å². The van der Waals surface area contributed by atoms with E-state index in [0.29, 0.717) is 18.5 Å². The first kappa shape index (κ1) is 12.9. The number of para-hydroxylation sites is 1. The minimum Gasteiger partial charge on any atom is -0.478 e. The second-order valence-corrected chi connectivity index (χ2v) is 5.16. The quantitative estimate of drug-likeness (QED) is 0.843. The molecule has 1 aromatic carbocycles. The van der Waals surface area contributed by atoms with Gasteiger partial charge in [-0.3, -0.25) is 0 Å². The van der Waals surface area contributed by atoms with E-state index in [1.165, 1.54) is 0 Å². The molecule has 0 aromatic heterocycles. The molecule has 2 rings (SSSR count). The monoisotopic (exact) mass is 249 g/mol. The van der Waals surface area contributed by atoms with Crippen LogP contribution in [0, 0.1) is 0 Å². The lowest BCUT2D eigenvalue weighted by molar-refractivity contribution is 0.0481. The Labute approximate surface area is 107 Å². The molecular formula is C14H19NO3. The minimum absolute atomic E-state index is 0.332. The largest absolute Gasteiger partial charge is 0.478 e. The van der Waals surface area contributed by atoms with Crippen LogP contribution in [0.4, 0.5) is 5.69 Å². The van der Waals surface area contributed by atoms with Gasteiger partial charge in [-0.05, 0) is 38.3 Å². The first-order valence-electron chi connectivity index (χ1n) is 6.29. The smallest absolute Gasteiger partial charge is 0.337 e. The molecular weight excluding hydrogens is 230 g/mol. The van der Waals surface area contributed by atoms with Gasteiger partial charge in [0, 0.05) is 13.1 Å². The fourth-order valence-electron chi connectivity index (χ4n) is 2.43. The molecule has 1 aliphatic heterocycles. The second-order valence-electron chi connectivity index (χ2n) is 5.16. The van der Waals surface area contributed by atoms with Crippen molar-refractivity contribution in [3.63, 3.8) is 0 Å². The maximum Gasteiger partial charge on any atom is 0.337 e.